The number of carbonyl (C=O) groups excluding carboxylic acids is 3. The Morgan fingerprint density at radius 2 is 1.74 bits per heavy atom. The van der Waals surface area contributed by atoms with Gasteiger partial charge in [-0.15, -0.1) is 0 Å². The number of carbonyl (C=O) groups is 3. The number of nitrogens with zero attached hydrogens (tertiary/aromatic N) is 5. The van der Waals surface area contributed by atoms with Gasteiger partial charge < -0.3 is 19.9 Å². The molecule has 5 fully saturated rings. The molecule has 1 N–H and O–H groups in total. The third-order valence-electron chi connectivity index (χ3n) is 9.83. The molecule has 3 aliphatic heterocycles. The SMILES string of the molecule is [N-]=[N+]=N[C@H]1CN(C(=O)[C@@H](NC(=O)c2ccc(C3CCN(C4CCC4)CC3)cc2)C2CCCC2)[C@@H]2C(=O)CO[C@H]12. The predicted molar refractivity (Wildman–Crippen MR) is 144 cm³/mol. The van der Waals surface area contributed by atoms with Crippen LogP contribution in [-0.2, 0) is 14.3 Å². The highest BCUT2D eigenvalue weighted by atomic mass is 16.5. The molecule has 10 heteroatoms. The molecule has 208 valence electrons. The van der Waals surface area contributed by atoms with Crippen molar-refractivity contribution in [2.75, 3.05) is 26.2 Å². The summed E-state index contributed by atoms with van der Waals surface area (Å²) in [5.41, 5.74) is 10.8. The van der Waals surface area contributed by atoms with Crippen LogP contribution in [0.25, 0.3) is 10.4 Å². The zero-order valence-electron chi connectivity index (χ0n) is 22.4. The van der Waals surface area contributed by atoms with Gasteiger partial charge in [0, 0.05) is 23.1 Å². The molecule has 0 radical (unpaired) electrons. The number of nitrogens with one attached hydrogen (secondary N) is 1. The highest BCUT2D eigenvalue weighted by Gasteiger charge is 2.53. The van der Waals surface area contributed by atoms with E-state index in [9.17, 15) is 14.4 Å². The Labute approximate surface area is 229 Å². The molecule has 1 aromatic rings. The number of hydrogen-bond acceptors (Lipinski definition) is 6. The van der Waals surface area contributed by atoms with Crippen LogP contribution in [0, 0.1) is 5.92 Å². The van der Waals surface area contributed by atoms with Gasteiger partial charge in [-0.3, -0.25) is 14.4 Å². The smallest absolute Gasteiger partial charge is 0.251 e. The van der Waals surface area contributed by atoms with E-state index in [0.717, 1.165) is 57.7 Å². The van der Waals surface area contributed by atoms with Crippen molar-refractivity contribution in [2.45, 2.75) is 94.0 Å². The molecule has 2 saturated carbocycles. The molecule has 1 aromatic carbocycles. The lowest BCUT2D eigenvalue weighted by molar-refractivity contribution is -0.139. The van der Waals surface area contributed by atoms with Crippen molar-refractivity contribution in [3.05, 3.63) is 45.8 Å². The molecule has 10 nitrogen and oxygen atoms in total. The second-order valence-electron chi connectivity index (χ2n) is 12.0. The molecule has 2 amide bonds. The molecule has 3 saturated heterocycles. The van der Waals surface area contributed by atoms with Gasteiger partial charge in [0.25, 0.3) is 5.91 Å². The van der Waals surface area contributed by atoms with Crippen molar-refractivity contribution < 1.29 is 19.1 Å². The van der Waals surface area contributed by atoms with Gasteiger partial charge >= 0.3 is 0 Å². The van der Waals surface area contributed by atoms with Crippen molar-refractivity contribution in [2.24, 2.45) is 11.0 Å². The standard InChI is InChI=1S/C29H38N6O4/c30-33-32-23-16-35(26-24(36)17-39-27(23)26)29(38)25(20-4-1-2-5-20)31-28(37)21-10-8-18(9-11-21)19-12-14-34(15-13-19)22-6-3-7-22/h8-11,19-20,22-23,25-27H,1-7,12-17H2,(H,31,37)/t23-,25-,26+,27+/m0/s1. The molecular weight excluding hydrogens is 496 g/mol. The fourth-order valence-electron chi connectivity index (χ4n) is 7.36. The van der Waals surface area contributed by atoms with Gasteiger partial charge in [-0.25, -0.2) is 0 Å². The van der Waals surface area contributed by atoms with E-state index in [1.165, 1.54) is 29.7 Å². The molecule has 6 rings (SSSR count). The van der Waals surface area contributed by atoms with Crippen molar-refractivity contribution in [3.63, 3.8) is 0 Å². The number of Topliss-reactive ketones (excluding diaryl/α,β-unsaturated/α-hetero) is 1. The summed E-state index contributed by atoms with van der Waals surface area (Å²) in [6.07, 6.45) is 9.45. The monoisotopic (exact) mass is 534 g/mol. The molecule has 2 aliphatic carbocycles. The lowest BCUT2D eigenvalue weighted by Gasteiger charge is -2.42. The second-order valence-corrected chi connectivity index (χ2v) is 12.0. The Morgan fingerprint density at radius 3 is 2.38 bits per heavy atom. The van der Waals surface area contributed by atoms with Crippen LogP contribution in [0.15, 0.2) is 29.4 Å². The van der Waals surface area contributed by atoms with Gasteiger partial charge in [-0.2, -0.15) is 0 Å². The average Bonchev–Trinajstić information content (AvgIpc) is 3.67. The predicted octanol–water partition coefficient (Wildman–Crippen LogP) is 3.56. The number of amides is 2. The number of likely N-dealkylation sites (tertiary alicyclic amines) is 2. The number of fused-ring (bicyclic) bond motifs is 1. The zero-order chi connectivity index (χ0) is 26.9. The molecule has 0 spiro atoms. The minimum Gasteiger partial charge on any atom is -0.367 e. The lowest BCUT2D eigenvalue weighted by atomic mass is 9.85. The Kier molecular flexibility index (Phi) is 7.60. The van der Waals surface area contributed by atoms with Gasteiger partial charge in [-0.05, 0) is 86.7 Å². The van der Waals surface area contributed by atoms with Crippen molar-refractivity contribution in [1.82, 2.24) is 15.1 Å². The Hall–Kier alpha value is -2.94. The van der Waals surface area contributed by atoms with E-state index in [1.807, 2.05) is 12.1 Å². The summed E-state index contributed by atoms with van der Waals surface area (Å²) in [6, 6.07) is 6.57. The third-order valence-corrected chi connectivity index (χ3v) is 9.83. The summed E-state index contributed by atoms with van der Waals surface area (Å²) in [6.45, 7) is 2.32. The first-order chi connectivity index (χ1) is 19.0. The molecule has 0 unspecified atom stereocenters. The van der Waals surface area contributed by atoms with E-state index >= 15 is 0 Å². The van der Waals surface area contributed by atoms with Gasteiger partial charge in [0.1, 0.15) is 18.7 Å². The summed E-state index contributed by atoms with van der Waals surface area (Å²) in [7, 11) is 0. The second kappa shape index (κ2) is 11.3. The average molecular weight is 535 g/mol. The number of benzene rings is 1. The lowest BCUT2D eigenvalue weighted by Crippen LogP contribution is -2.54. The fraction of sp³-hybridized carbons (Fsp3) is 0.690. The normalized spacial score (nSPS) is 29.1. The van der Waals surface area contributed by atoms with Crippen LogP contribution in [-0.4, -0.2) is 83.9 Å². The molecular formula is C29H38N6O4. The van der Waals surface area contributed by atoms with E-state index in [-0.39, 0.29) is 36.7 Å². The van der Waals surface area contributed by atoms with Crippen LogP contribution in [0.3, 0.4) is 0 Å². The maximum Gasteiger partial charge on any atom is 0.251 e. The Morgan fingerprint density at radius 1 is 1.03 bits per heavy atom. The van der Waals surface area contributed by atoms with E-state index < -0.39 is 24.2 Å². The first-order valence-corrected chi connectivity index (χ1v) is 14.7. The van der Waals surface area contributed by atoms with Gasteiger partial charge in [0.2, 0.25) is 5.91 Å². The van der Waals surface area contributed by atoms with Gasteiger partial charge in [0.15, 0.2) is 5.78 Å². The Bertz CT molecular complexity index is 1130. The Balaban J connectivity index is 1.13. The van der Waals surface area contributed by atoms with E-state index in [2.05, 4.69) is 32.4 Å². The maximum absolute atomic E-state index is 13.9. The molecule has 0 bridgehead atoms. The number of azide groups is 1. The van der Waals surface area contributed by atoms with E-state index in [1.54, 1.807) is 0 Å². The summed E-state index contributed by atoms with van der Waals surface area (Å²) >= 11 is 0. The van der Waals surface area contributed by atoms with E-state index in [0.29, 0.717) is 11.5 Å². The largest absolute Gasteiger partial charge is 0.367 e. The molecule has 3 heterocycles. The third kappa shape index (κ3) is 5.17. The first-order valence-electron chi connectivity index (χ1n) is 14.7. The summed E-state index contributed by atoms with van der Waals surface area (Å²) in [5.74, 6) is -0.215. The number of ketones is 1. The van der Waals surface area contributed by atoms with Crippen LogP contribution in [0.5, 0.6) is 0 Å². The van der Waals surface area contributed by atoms with Gasteiger partial charge in [-0.1, -0.05) is 36.5 Å². The topological polar surface area (TPSA) is 128 Å². The number of rotatable bonds is 7. The zero-order valence-corrected chi connectivity index (χ0v) is 22.4. The number of ether oxygens (including phenoxy) is 1. The number of piperidine rings is 1. The molecule has 0 aromatic heterocycles. The number of hydrogen-bond donors (Lipinski definition) is 1. The summed E-state index contributed by atoms with van der Waals surface area (Å²) < 4.78 is 5.58. The van der Waals surface area contributed by atoms with Crippen LogP contribution >= 0.6 is 0 Å². The highest BCUT2D eigenvalue weighted by molar-refractivity contribution is 5.99. The van der Waals surface area contributed by atoms with Crippen LogP contribution < -0.4 is 5.32 Å². The summed E-state index contributed by atoms with van der Waals surface area (Å²) in [5, 5.41) is 6.82. The minimum atomic E-state index is -0.760. The first kappa shape index (κ1) is 26.3. The molecule has 5 aliphatic rings. The van der Waals surface area contributed by atoms with Gasteiger partial charge in [0.05, 0.1) is 12.1 Å². The molecule has 39 heavy (non-hydrogen) atoms. The van der Waals surface area contributed by atoms with Crippen molar-refractivity contribution in [1.29, 1.82) is 0 Å². The highest BCUT2D eigenvalue weighted by Crippen LogP contribution is 2.35. The fourth-order valence-corrected chi connectivity index (χ4v) is 7.36. The van der Waals surface area contributed by atoms with E-state index in [4.69, 9.17) is 10.3 Å². The maximum atomic E-state index is 13.9. The van der Waals surface area contributed by atoms with Crippen molar-refractivity contribution >= 4 is 17.6 Å². The quantitative estimate of drug-likeness (QED) is 0.325. The minimum absolute atomic E-state index is 0.0102. The van der Waals surface area contributed by atoms with Crippen LogP contribution in [0.1, 0.15) is 79.6 Å². The van der Waals surface area contributed by atoms with Crippen molar-refractivity contribution in [3.8, 4) is 0 Å². The summed E-state index contributed by atoms with van der Waals surface area (Å²) in [4.78, 5) is 46.9. The molecule has 4 atom stereocenters. The van der Waals surface area contributed by atoms with Crippen LogP contribution in [0.2, 0.25) is 0 Å². The van der Waals surface area contributed by atoms with Crippen LogP contribution in [0.4, 0.5) is 0 Å².